The van der Waals surface area contributed by atoms with E-state index in [-0.39, 0.29) is 11.1 Å². The van der Waals surface area contributed by atoms with Crippen molar-refractivity contribution in [2.24, 2.45) is 5.41 Å². The highest BCUT2D eigenvalue weighted by Crippen LogP contribution is 2.35. The molecule has 3 aromatic rings. The zero-order valence-electron chi connectivity index (χ0n) is 16.2. The first-order valence-electron chi connectivity index (χ1n) is 8.85. The number of hydrogen-bond donors (Lipinski definition) is 2. The lowest BCUT2D eigenvalue weighted by Crippen LogP contribution is -2.13. The summed E-state index contributed by atoms with van der Waals surface area (Å²) in [7, 11) is 1.65. The smallest absolute Gasteiger partial charge is 0.326 e. The van der Waals surface area contributed by atoms with Crippen LogP contribution in [0.15, 0.2) is 23.0 Å². The number of H-pyrrole nitrogens is 2. The van der Waals surface area contributed by atoms with Gasteiger partial charge in [-0.05, 0) is 35.4 Å². The van der Waals surface area contributed by atoms with E-state index in [0.717, 1.165) is 29.1 Å². The van der Waals surface area contributed by atoms with Gasteiger partial charge in [0.2, 0.25) is 0 Å². The number of nitrogens with one attached hydrogen (secondary N) is 2. The number of benzene rings is 1. The van der Waals surface area contributed by atoms with Crippen molar-refractivity contribution >= 4 is 11.3 Å². The van der Waals surface area contributed by atoms with Gasteiger partial charge in [0.05, 0.1) is 18.5 Å². The minimum atomic E-state index is -0.304. The summed E-state index contributed by atoms with van der Waals surface area (Å²) in [5, 5.41) is 0. The normalized spacial score (nSPS) is 12.1. The summed E-state index contributed by atoms with van der Waals surface area (Å²) in [6.07, 6.45) is 0.730. The molecule has 0 atom stereocenters. The molecule has 0 aliphatic heterocycles. The van der Waals surface area contributed by atoms with Gasteiger partial charge in [-0.1, -0.05) is 40.7 Å². The largest absolute Gasteiger partial charge is 0.496 e. The van der Waals surface area contributed by atoms with Crippen LogP contribution in [0.3, 0.4) is 0 Å². The van der Waals surface area contributed by atoms with Crippen molar-refractivity contribution in [1.29, 1.82) is 0 Å². The number of aromatic nitrogens is 4. The molecular weight excluding hydrogens is 328 g/mol. The molecule has 2 N–H and O–H groups in total. The molecule has 0 radical (unpaired) electrons. The third kappa shape index (κ3) is 3.64. The number of nitrogens with zero attached hydrogens (tertiary/aromatic N) is 2. The second-order valence-corrected chi connectivity index (χ2v) is 8.15. The van der Waals surface area contributed by atoms with E-state index in [9.17, 15) is 4.79 Å². The van der Waals surface area contributed by atoms with Crippen LogP contribution in [-0.4, -0.2) is 27.0 Å². The van der Waals surface area contributed by atoms with Gasteiger partial charge >= 0.3 is 5.69 Å². The molecule has 0 aliphatic rings. The van der Waals surface area contributed by atoms with Gasteiger partial charge in [0.25, 0.3) is 0 Å². The van der Waals surface area contributed by atoms with E-state index in [1.165, 1.54) is 5.56 Å². The van der Waals surface area contributed by atoms with Crippen LogP contribution in [0.1, 0.15) is 51.8 Å². The molecule has 0 amide bonds. The van der Waals surface area contributed by atoms with Crippen molar-refractivity contribution in [2.45, 2.75) is 47.0 Å². The lowest BCUT2D eigenvalue weighted by Gasteiger charge is -2.20. The fourth-order valence-corrected chi connectivity index (χ4v) is 3.00. The first-order valence-corrected chi connectivity index (χ1v) is 8.85. The predicted molar refractivity (Wildman–Crippen MR) is 104 cm³/mol. The molecule has 0 unspecified atom stereocenters. The van der Waals surface area contributed by atoms with Crippen molar-refractivity contribution in [3.05, 3.63) is 39.9 Å². The molecule has 138 valence electrons. The Balaban J connectivity index is 2.30. The Hall–Kier alpha value is -2.63. The molecule has 0 aliphatic carbocycles. The quantitative estimate of drug-likeness (QED) is 0.741. The summed E-state index contributed by atoms with van der Waals surface area (Å²) in [6.45, 7) is 10.8. The van der Waals surface area contributed by atoms with Crippen molar-refractivity contribution in [3.63, 3.8) is 0 Å². The molecule has 26 heavy (non-hydrogen) atoms. The fourth-order valence-electron chi connectivity index (χ4n) is 3.00. The Bertz CT molecular complexity index is 993. The fraction of sp³-hybridized carbons (Fsp3) is 0.450. The summed E-state index contributed by atoms with van der Waals surface area (Å²) >= 11 is 0. The van der Waals surface area contributed by atoms with Crippen molar-refractivity contribution in [2.75, 3.05) is 7.11 Å². The van der Waals surface area contributed by atoms with E-state index < -0.39 is 0 Å². The summed E-state index contributed by atoms with van der Waals surface area (Å²) in [6, 6.07) is 6.15. The molecule has 1 aromatic carbocycles. The third-order valence-corrected chi connectivity index (χ3v) is 4.27. The molecule has 0 saturated heterocycles. The van der Waals surface area contributed by atoms with Crippen LogP contribution >= 0.6 is 0 Å². The molecule has 0 saturated carbocycles. The van der Waals surface area contributed by atoms with Gasteiger partial charge in [-0.2, -0.15) is 0 Å². The molecule has 6 heteroatoms. The number of methoxy groups -OCH3 is 1. The number of imidazole rings is 1. The lowest BCUT2D eigenvalue weighted by atomic mass is 9.88. The van der Waals surface area contributed by atoms with Gasteiger partial charge in [0, 0.05) is 5.56 Å². The van der Waals surface area contributed by atoms with Crippen LogP contribution in [0.5, 0.6) is 5.75 Å². The second kappa shape index (κ2) is 6.59. The molecule has 2 aromatic heterocycles. The van der Waals surface area contributed by atoms with Gasteiger partial charge in [0.15, 0.2) is 11.3 Å². The SMILES string of the molecule is COc1ccc(C(C)C)cc1-c1nc2[nH]c(=O)[nH]c2nc1CC(C)(C)C. The molecule has 6 nitrogen and oxygen atoms in total. The average Bonchev–Trinajstić information content (AvgIpc) is 2.90. The number of rotatable bonds is 4. The Morgan fingerprint density at radius 3 is 2.35 bits per heavy atom. The van der Waals surface area contributed by atoms with Gasteiger partial charge in [-0.15, -0.1) is 0 Å². The number of fused-ring (bicyclic) bond motifs is 1. The van der Waals surface area contributed by atoms with Gasteiger partial charge in [-0.3, -0.25) is 9.97 Å². The van der Waals surface area contributed by atoms with E-state index >= 15 is 0 Å². The highest BCUT2D eigenvalue weighted by Gasteiger charge is 2.22. The molecule has 2 heterocycles. The maximum Gasteiger partial charge on any atom is 0.326 e. The summed E-state index contributed by atoms with van der Waals surface area (Å²) in [5.74, 6) is 1.13. The monoisotopic (exact) mass is 354 g/mol. The predicted octanol–water partition coefficient (Wildman–Crippen LogP) is 4.03. The number of aromatic amines is 2. The van der Waals surface area contributed by atoms with Crippen molar-refractivity contribution in [3.8, 4) is 17.0 Å². The second-order valence-electron chi connectivity index (χ2n) is 8.15. The number of ether oxygens (including phenoxy) is 1. The number of hydrogen-bond acceptors (Lipinski definition) is 4. The third-order valence-electron chi connectivity index (χ3n) is 4.27. The van der Waals surface area contributed by atoms with Crippen LogP contribution in [0.4, 0.5) is 0 Å². The van der Waals surface area contributed by atoms with E-state index in [1.807, 2.05) is 6.07 Å². The Kier molecular flexibility index (Phi) is 4.61. The van der Waals surface area contributed by atoms with Crippen LogP contribution in [-0.2, 0) is 6.42 Å². The van der Waals surface area contributed by atoms with Gasteiger partial charge in [0.1, 0.15) is 5.75 Å². The van der Waals surface area contributed by atoms with Crippen molar-refractivity contribution < 1.29 is 4.74 Å². The topological polar surface area (TPSA) is 83.7 Å². The standard InChI is InChI=1S/C20H26N4O2/c1-11(2)12-7-8-15(26-6)13(9-12)16-14(10-20(3,4)5)21-17-18(22-16)24-19(25)23-17/h7-9,11H,10H2,1-6H3,(H2,21,22,23,24,25). The molecule has 0 spiro atoms. The maximum atomic E-state index is 11.7. The van der Waals surface area contributed by atoms with Crippen LogP contribution in [0, 0.1) is 5.41 Å². The zero-order chi connectivity index (χ0) is 19.1. The Morgan fingerprint density at radius 2 is 1.77 bits per heavy atom. The van der Waals surface area contributed by atoms with E-state index in [1.54, 1.807) is 7.11 Å². The van der Waals surface area contributed by atoms with E-state index in [2.05, 4.69) is 56.7 Å². The summed E-state index contributed by atoms with van der Waals surface area (Å²) < 4.78 is 5.59. The highest BCUT2D eigenvalue weighted by atomic mass is 16.5. The van der Waals surface area contributed by atoms with Gasteiger partial charge < -0.3 is 4.74 Å². The van der Waals surface area contributed by atoms with Crippen LogP contribution < -0.4 is 10.4 Å². The zero-order valence-corrected chi connectivity index (χ0v) is 16.2. The Morgan fingerprint density at radius 1 is 1.12 bits per heavy atom. The van der Waals surface area contributed by atoms with E-state index in [0.29, 0.717) is 17.2 Å². The van der Waals surface area contributed by atoms with Gasteiger partial charge in [-0.25, -0.2) is 14.8 Å². The summed E-state index contributed by atoms with van der Waals surface area (Å²) in [5.41, 5.74) is 4.36. The first-order chi connectivity index (χ1) is 12.2. The van der Waals surface area contributed by atoms with E-state index in [4.69, 9.17) is 14.7 Å². The lowest BCUT2D eigenvalue weighted by molar-refractivity contribution is 0.405. The van der Waals surface area contributed by atoms with Crippen LogP contribution in [0.2, 0.25) is 0 Å². The highest BCUT2D eigenvalue weighted by molar-refractivity contribution is 5.76. The molecule has 0 fully saturated rings. The minimum Gasteiger partial charge on any atom is -0.496 e. The minimum absolute atomic E-state index is 0.0244. The molecule has 0 bridgehead atoms. The molecule has 3 rings (SSSR count). The summed E-state index contributed by atoms with van der Waals surface area (Å²) in [4.78, 5) is 26.5. The first kappa shape index (κ1) is 18.2. The average molecular weight is 354 g/mol. The Labute approximate surface area is 153 Å². The maximum absolute atomic E-state index is 11.7. The van der Waals surface area contributed by atoms with Crippen LogP contribution in [0.25, 0.3) is 22.6 Å². The van der Waals surface area contributed by atoms with Crippen molar-refractivity contribution in [1.82, 2.24) is 19.9 Å². The molecular formula is C20H26N4O2.